The molecule has 0 unspecified atom stereocenters. The molecule has 30 heavy (non-hydrogen) atoms. The molecule has 1 N–H and O–H groups in total. The fraction of sp³-hybridized carbons (Fsp3) is 0.680. The summed E-state index contributed by atoms with van der Waals surface area (Å²) in [7, 11) is 0. The van der Waals surface area contributed by atoms with E-state index in [2.05, 4.69) is 37.9 Å². The van der Waals surface area contributed by atoms with Gasteiger partial charge in [-0.3, -0.25) is 4.79 Å². The van der Waals surface area contributed by atoms with Crippen molar-refractivity contribution in [3.63, 3.8) is 0 Å². The van der Waals surface area contributed by atoms with Gasteiger partial charge in [0, 0.05) is 34.7 Å². The Bertz CT molecular complexity index is 816. The second-order valence-corrected chi connectivity index (χ2v) is 11.0. The van der Waals surface area contributed by atoms with Crippen LogP contribution in [0, 0.1) is 29.2 Å². The van der Waals surface area contributed by atoms with Gasteiger partial charge in [0.15, 0.2) is 0 Å². The van der Waals surface area contributed by atoms with Gasteiger partial charge in [0.25, 0.3) is 0 Å². The molecule has 0 radical (unpaired) electrons. The summed E-state index contributed by atoms with van der Waals surface area (Å²) in [6.45, 7) is 20.2. The fourth-order valence-corrected chi connectivity index (χ4v) is 6.11. The van der Waals surface area contributed by atoms with E-state index in [0.717, 1.165) is 25.7 Å². The van der Waals surface area contributed by atoms with E-state index in [-0.39, 0.29) is 28.8 Å². The summed E-state index contributed by atoms with van der Waals surface area (Å²) in [6, 6.07) is 6.08. The highest BCUT2D eigenvalue weighted by atomic mass is 35.5. The van der Waals surface area contributed by atoms with E-state index in [1.165, 1.54) is 0 Å². The van der Waals surface area contributed by atoms with Crippen molar-refractivity contribution in [1.82, 2.24) is 5.32 Å². The van der Waals surface area contributed by atoms with Crippen molar-refractivity contribution in [1.29, 1.82) is 0 Å². The molecule has 0 bridgehead atoms. The first-order valence-electron chi connectivity index (χ1n) is 11.1. The van der Waals surface area contributed by atoms with Crippen molar-refractivity contribution in [2.75, 3.05) is 0 Å². The van der Waals surface area contributed by atoms with Crippen LogP contribution in [-0.2, 0) is 4.79 Å². The zero-order valence-electron chi connectivity index (χ0n) is 19.1. The van der Waals surface area contributed by atoms with E-state index in [0.29, 0.717) is 34.3 Å². The van der Waals surface area contributed by atoms with Crippen molar-refractivity contribution in [3.8, 4) is 5.75 Å². The van der Waals surface area contributed by atoms with Gasteiger partial charge in [0.2, 0.25) is 5.69 Å². The zero-order chi connectivity index (χ0) is 22.3. The van der Waals surface area contributed by atoms with Crippen molar-refractivity contribution in [2.24, 2.45) is 22.7 Å². The molecule has 0 heterocycles. The quantitative estimate of drug-likeness (QED) is 0.527. The molecular formula is C25H35ClN2O2. The van der Waals surface area contributed by atoms with Crippen LogP contribution < -0.4 is 10.1 Å². The fourth-order valence-electron chi connectivity index (χ4n) is 5.90. The SMILES string of the molecule is [C-]#[N+]c1ccc(OC2C(C)(C)C(NC3CCC(C(=O)C(C)C)CC3)C2(C)C)cc1Cl. The minimum atomic E-state index is -0.0426. The van der Waals surface area contributed by atoms with E-state index < -0.39 is 0 Å². The molecule has 1 aromatic carbocycles. The standard InChI is InChI=1S/C25H35ClN2O2/c1-15(2)21(29)16-8-10-17(11-9-16)28-22-24(3,4)23(25(22,5)6)30-18-12-13-20(27-7)19(26)14-18/h12-17,22-23,28H,8-11H2,1-6H3. The number of carbonyl (C=O) groups excluding carboxylic acids is 1. The molecule has 2 saturated carbocycles. The summed E-state index contributed by atoms with van der Waals surface area (Å²) in [5.41, 5.74) is 0.361. The van der Waals surface area contributed by atoms with Gasteiger partial charge in [0.05, 0.1) is 11.6 Å². The minimum absolute atomic E-state index is 0.0382. The molecule has 0 aliphatic heterocycles. The smallest absolute Gasteiger partial charge is 0.205 e. The van der Waals surface area contributed by atoms with E-state index in [1.54, 1.807) is 12.1 Å². The molecule has 0 atom stereocenters. The number of nitrogens with one attached hydrogen (secondary N) is 1. The van der Waals surface area contributed by atoms with Crippen molar-refractivity contribution >= 4 is 23.1 Å². The molecule has 2 aliphatic rings. The van der Waals surface area contributed by atoms with Gasteiger partial charge in [-0.05, 0) is 37.8 Å². The minimum Gasteiger partial charge on any atom is -0.489 e. The van der Waals surface area contributed by atoms with E-state index in [1.807, 2.05) is 19.9 Å². The van der Waals surface area contributed by atoms with Crippen molar-refractivity contribution in [3.05, 3.63) is 34.6 Å². The summed E-state index contributed by atoms with van der Waals surface area (Å²) >= 11 is 6.20. The molecule has 164 valence electrons. The molecule has 0 aromatic heterocycles. The molecule has 1 aromatic rings. The van der Waals surface area contributed by atoms with E-state index in [9.17, 15) is 4.79 Å². The van der Waals surface area contributed by atoms with E-state index >= 15 is 0 Å². The highest BCUT2D eigenvalue weighted by molar-refractivity contribution is 6.33. The van der Waals surface area contributed by atoms with Crippen LogP contribution in [0.15, 0.2) is 18.2 Å². The first kappa shape index (κ1) is 23.1. The van der Waals surface area contributed by atoms with Crippen LogP contribution >= 0.6 is 11.6 Å². The lowest BCUT2D eigenvalue weighted by molar-refractivity contribution is -0.172. The van der Waals surface area contributed by atoms with Gasteiger partial charge in [-0.25, -0.2) is 4.85 Å². The Hall–Kier alpha value is -1.57. The first-order valence-corrected chi connectivity index (χ1v) is 11.5. The number of rotatable bonds is 6. The van der Waals surface area contributed by atoms with Gasteiger partial charge >= 0.3 is 0 Å². The number of Topliss-reactive ketones (excluding diaryl/α,β-unsaturated/α-hetero) is 1. The maximum absolute atomic E-state index is 12.3. The Labute approximate surface area is 186 Å². The van der Waals surface area contributed by atoms with Gasteiger partial charge in [-0.15, -0.1) is 0 Å². The van der Waals surface area contributed by atoms with Gasteiger partial charge in [-0.2, -0.15) is 0 Å². The van der Waals surface area contributed by atoms with Crippen LogP contribution in [0.4, 0.5) is 5.69 Å². The Balaban J connectivity index is 1.63. The van der Waals surface area contributed by atoms with Crippen LogP contribution in [0.3, 0.4) is 0 Å². The number of ketones is 1. The predicted octanol–water partition coefficient (Wildman–Crippen LogP) is 6.45. The molecule has 4 nitrogen and oxygen atoms in total. The maximum Gasteiger partial charge on any atom is 0.205 e. The maximum atomic E-state index is 12.3. The summed E-state index contributed by atoms with van der Waals surface area (Å²) in [5.74, 6) is 1.52. The van der Waals surface area contributed by atoms with Gasteiger partial charge in [-0.1, -0.05) is 59.2 Å². The van der Waals surface area contributed by atoms with Crippen LogP contribution in [0.2, 0.25) is 5.02 Å². The zero-order valence-corrected chi connectivity index (χ0v) is 19.8. The van der Waals surface area contributed by atoms with Crippen LogP contribution in [-0.4, -0.2) is 24.0 Å². The summed E-state index contributed by atoms with van der Waals surface area (Å²) in [6.07, 6.45) is 4.15. The monoisotopic (exact) mass is 430 g/mol. The van der Waals surface area contributed by atoms with Crippen molar-refractivity contribution in [2.45, 2.75) is 85.4 Å². The molecular weight excluding hydrogens is 396 g/mol. The molecule has 5 heteroatoms. The number of halogens is 1. The lowest BCUT2D eigenvalue weighted by Crippen LogP contribution is -2.75. The summed E-state index contributed by atoms with van der Waals surface area (Å²) in [5, 5.41) is 4.34. The largest absolute Gasteiger partial charge is 0.489 e. The topological polar surface area (TPSA) is 42.7 Å². The van der Waals surface area contributed by atoms with Crippen LogP contribution in [0.5, 0.6) is 5.75 Å². The van der Waals surface area contributed by atoms with Gasteiger partial charge in [0.1, 0.15) is 17.6 Å². The van der Waals surface area contributed by atoms with Crippen molar-refractivity contribution < 1.29 is 9.53 Å². The van der Waals surface area contributed by atoms with Gasteiger partial charge < -0.3 is 10.1 Å². The van der Waals surface area contributed by atoms with E-state index in [4.69, 9.17) is 22.9 Å². The second-order valence-electron chi connectivity index (χ2n) is 10.6. The molecule has 2 aliphatic carbocycles. The first-order chi connectivity index (χ1) is 14.0. The van der Waals surface area contributed by atoms with Crippen LogP contribution in [0.25, 0.3) is 4.85 Å². The molecule has 3 rings (SSSR count). The lowest BCUT2D eigenvalue weighted by atomic mass is 9.49. The summed E-state index contributed by atoms with van der Waals surface area (Å²) < 4.78 is 6.38. The number of hydrogen-bond donors (Lipinski definition) is 1. The number of hydrogen-bond acceptors (Lipinski definition) is 3. The predicted molar refractivity (Wildman–Crippen MR) is 122 cm³/mol. The molecule has 0 spiro atoms. The number of carbonyl (C=O) groups is 1. The Morgan fingerprint density at radius 3 is 2.27 bits per heavy atom. The third kappa shape index (κ3) is 4.25. The third-order valence-electron chi connectivity index (χ3n) is 7.23. The molecule has 0 saturated heterocycles. The average molecular weight is 431 g/mol. The second kappa shape index (κ2) is 8.52. The summed E-state index contributed by atoms with van der Waals surface area (Å²) in [4.78, 5) is 15.7. The highest BCUT2D eigenvalue weighted by Gasteiger charge is 2.63. The Kier molecular flexibility index (Phi) is 6.56. The Morgan fingerprint density at radius 1 is 1.17 bits per heavy atom. The number of ether oxygens (including phenoxy) is 1. The van der Waals surface area contributed by atoms with Crippen LogP contribution in [0.1, 0.15) is 67.2 Å². The highest BCUT2D eigenvalue weighted by Crippen LogP contribution is 2.56. The lowest BCUT2D eigenvalue weighted by Gasteiger charge is -2.64. The Morgan fingerprint density at radius 2 is 1.77 bits per heavy atom. The average Bonchev–Trinajstić information content (AvgIpc) is 2.69. The third-order valence-corrected chi connectivity index (χ3v) is 7.54. The molecule has 2 fully saturated rings. The number of nitrogens with zero attached hydrogens (tertiary/aromatic N) is 1. The molecule has 0 amide bonds. The normalized spacial score (nSPS) is 29.7. The number of benzene rings is 1.